The largest absolute Gasteiger partial charge is 0.264 e. The molecule has 0 spiro atoms. The molecule has 0 aliphatic heterocycles. The Morgan fingerprint density at radius 1 is 0.867 bits per heavy atom. The summed E-state index contributed by atoms with van der Waals surface area (Å²) in [5.74, 6) is 0. The summed E-state index contributed by atoms with van der Waals surface area (Å²) in [7, 11) is 0. The van der Waals surface area contributed by atoms with E-state index in [0.717, 1.165) is 5.69 Å². The maximum atomic E-state index is 4.29. The first-order chi connectivity index (χ1) is 7.36. The molecule has 0 bridgehead atoms. The fourth-order valence-electron chi connectivity index (χ4n) is 1.97. The Bertz CT molecular complexity index is 644. The molecule has 2 heteroatoms. The molecule has 0 aliphatic rings. The summed E-state index contributed by atoms with van der Waals surface area (Å²) in [6.07, 6.45) is 5.59. The molecule has 0 saturated carbocycles. The molecule has 2 aromatic heterocycles. The van der Waals surface area contributed by atoms with Crippen LogP contribution in [0.3, 0.4) is 0 Å². The smallest absolute Gasteiger partial charge is 0.0451 e. The second kappa shape index (κ2) is 3.02. The molecule has 15 heavy (non-hydrogen) atoms. The molecule has 0 saturated heterocycles. The second-order valence-corrected chi connectivity index (χ2v) is 3.65. The van der Waals surface area contributed by atoms with Crippen molar-refractivity contribution in [3.63, 3.8) is 0 Å². The van der Waals surface area contributed by atoms with Gasteiger partial charge < -0.3 is 0 Å². The maximum Gasteiger partial charge on any atom is 0.0451 e. The van der Waals surface area contributed by atoms with Crippen LogP contribution in [0, 0.1) is 6.92 Å². The summed E-state index contributed by atoms with van der Waals surface area (Å²) in [5, 5.41) is 4.86. The van der Waals surface area contributed by atoms with Gasteiger partial charge >= 0.3 is 0 Å². The molecular weight excluding hydrogens is 184 g/mol. The number of pyridine rings is 2. The number of aryl methyl sites for hydroxylation is 1. The van der Waals surface area contributed by atoms with E-state index in [0.29, 0.717) is 0 Å². The number of fused-ring (bicyclic) bond motifs is 3. The Kier molecular flexibility index (Phi) is 1.68. The Hall–Kier alpha value is -1.96. The van der Waals surface area contributed by atoms with Crippen molar-refractivity contribution in [1.82, 2.24) is 9.97 Å². The number of hydrogen-bond acceptors (Lipinski definition) is 2. The van der Waals surface area contributed by atoms with E-state index in [4.69, 9.17) is 0 Å². The molecule has 72 valence electrons. The molecule has 3 aromatic rings. The summed E-state index contributed by atoms with van der Waals surface area (Å²) in [6, 6.07) is 8.32. The lowest BCUT2D eigenvalue weighted by Crippen LogP contribution is -1.84. The van der Waals surface area contributed by atoms with Crippen molar-refractivity contribution < 1.29 is 0 Å². The quantitative estimate of drug-likeness (QED) is 0.514. The van der Waals surface area contributed by atoms with E-state index in [9.17, 15) is 0 Å². The molecule has 1 aromatic carbocycles. The predicted molar refractivity (Wildman–Crippen MR) is 61.8 cm³/mol. The Morgan fingerprint density at radius 2 is 1.80 bits per heavy atom. The van der Waals surface area contributed by atoms with E-state index in [2.05, 4.69) is 22.1 Å². The van der Waals surface area contributed by atoms with Crippen molar-refractivity contribution in [3.8, 4) is 0 Å². The van der Waals surface area contributed by atoms with E-state index in [-0.39, 0.29) is 0 Å². The molecule has 2 heterocycles. The zero-order valence-electron chi connectivity index (χ0n) is 8.44. The SMILES string of the molecule is Cc1nccc2c1ccc1ccncc12. The highest BCUT2D eigenvalue weighted by Crippen LogP contribution is 2.25. The Labute approximate surface area is 87.6 Å². The van der Waals surface area contributed by atoms with Gasteiger partial charge in [-0.25, -0.2) is 0 Å². The van der Waals surface area contributed by atoms with E-state index in [1.807, 2.05) is 37.6 Å². The van der Waals surface area contributed by atoms with Crippen LogP contribution in [0.4, 0.5) is 0 Å². The van der Waals surface area contributed by atoms with Gasteiger partial charge in [-0.05, 0) is 29.8 Å². The normalized spacial score (nSPS) is 11.0. The predicted octanol–water partition coefficient (Wildman–Crippen LogP) is 3.09. The molecule has 0 radical (unpaired) electrons. The zero-order chi connectivity index (χ0) is 10.3. The molecule has 0 fully saturated rings. The lowest BCUT2D eigenvalue weighted by molar-refractivity contribution is 1.24. The molecule has 0 aliphatic carbocycles. The van der Waals surface area contributed by atoms with Gasteiger partial charge in [-0.15, -0.1) is 0 Å². The van der Waals surface area contributed by atoms with Crippen molar-refractivity contribution in [2.75, 3.05) is 0 Å². The second-order valence-electron chi connectivity index (χ2n) is 3.65. The van der Waals surface area contributed by atoms with Crippen molar-refractivity contribution >= 4 is 21.5 Å². The molecule has 2 nitrogen and oxygen atoms in total. The average molecular weight is 194 g/mol. The van der Waals surface area contributed by atoms with Gasteiger partial charge in [0.2, 0.25) is 0 Å². The van der Waals surface area contributed by atoms with Crippen LogP contribution in [-0.4, -0.2) is 9.97 Å². The average Bonchev–Trinajstić information content (AvgIpc) is 2.29. The van der Waals surface area contributed by atoms with Gasteiger partial charge in [0.1, 0.15) is 0 Å². The molecular formula is C13H10N2. The van der Waals surface area contributed by atoms with Crippen molar-refractivity contribution in [3.05, 3.63) is 48.5 Å². The summed E-state index contributed by atoms with van der Waals surface area (Å²) < 4.78 is 0. The summed E-state index contributed by atoms with van der Waals surface area (Å²) in [6.45, 7) is 2.03. The number of hydrogen-bond donors (Lipinski definition) is 0. The minimum absolute atomic E-state index is 1.07. The summed E-state index contributed by atoms with van der Waals surface area (Å²) in [4.78, 5) is 8.47. The zero-order valence-corrected chi connectivity index (χ0v) is 8.44. The van der Waals surface area contributed by atoms with E-state index in [1.54, 1.807) is 0 Å². The van der Waals surface area contributed by atoms with Crippen molar-refractivity contribution in [2.24, 2.45) is 0 Å². The Balaban J connectivity index is 2.60. The van der Waals surface area contributed by atoms with Crippen LogP contribution in [0.1, 0.15) is 5.69 Å². The van der Waals surface area contributed by atoms with Gasteiger partial charge in [-0.2, -0.15) is 0 Å². The third kappa shape index (κ3) is 1.18. The van der Waals surface area contributed by atoms with Crippen LogP contribution in [0.15, 0.2) is 42.9 Å². The minimum Gasteiger partial charge on any atom is -0.264 e. The van der Waals surface area contributed by atoms with Crippen LogP contribution in [0.5, 0.6) is 0 Å². The number of nitrogens with zero attached hydrogens (tertiary/aromatic N) is 2. The van der Waals surface area contributed by atoms with Gasteiger partial charge in [0, 0.05) is 35.1 Å². The lowest BCUT2D eigenvalue weighted by Gasteiger charge is -2.04. The highest BCUT2D eigenvalue weighted by atomic mass is 14.7. The van der Waals surface area contributed by atoms with Gasteiger partial charge in [0.15, 0.2) is 0 Å². The monoisotopic (exact) mass is 194 g/mol. The number of aromatic nitrogens is 2. The Morgan fingerprint density at radius 3 is 2.73 bits per heavy atom. The third-order valence-corrected chi connectivity index (χ3v) is 2.76. The van der Waals surface area contributed by atoms with Gasteiger partial charge in [-0.1, -0.05) is 12.1 Å². The highest BCUT2D eigenvalue weighted by Gasteiger charge is 2.01. The highest BCUT2D eigenvalue weighted by molar-refractivity contribution is 6.07. The van der Waals surface area contributed by atoms with Crippen molar-refractivity contribution in [1.29, 1.82) is 0 Å². The molecule has 0 N–H and O–H groups in total. The first kappa shape index (κ1) is 8.36. The van der Waals surface area contributed by atoms with E-state index < -0.39 is 0 Å². The maximum absolute atomic E-state index is 4.29. The minimum atomic E-state index is 1.07. The third-order valence-electron chi connectivity index (χ3n) is 2.76. The van der Waals surface area contributed by atoms with Crippen LogP contribution in [0.25, 0.3) is 21.5 Å². The standard InChI is InChI=1S/C13H10N2/c1-9-11-3-2-10-4-6-14-8-13(10)12(11)5-7-15-9/h2-8H,1H3. The topological polar surface area (TPSA) is 25.8 Å². The lowest BCUT2D eigenvalue weighted by atomic mass is 10.0. The van der Waals surface area contributed by atoms with Crippen LogP contribution >= 0.6 is 0 Å². The molecule has 0 atom stereocenters. The van der Waals surface area contributed by atoms with Gasteiger partial charge in [-0.3, -0.25) is 9.97 Å². The van der Waals surface area contributed by atoms with E-state index in [1.165, 1.54) is 21.5 Å². The molecule has 0 unspecified atom stereocenters. The van der Waals surface area contributed by atoms with Crippen molar-refractivity contribution in [2.45, 2.75) is 6.92 Å². The van der Waals surface area contributed by atoms with Crippen LogP contribution in [0.2, 0.25) is 0 Å². The van der Waals surface area contributed by atoms with Gasteiger partial charge in [0.25, 0.3) is 0 Å². The van der Waals surface area contributed by atoms with E-state index >= 15 is 0 Å². The molecule has 3 rings (SSSR count). The first-order valence-electron chi connectivity index (χ1n) is 4.94. The van der Waals surface area contributed by atoms with Gasteiger partial charge in [0.05, 0.1) is 0 Å². The first-order valence-corrected chi connectivity index (χ1v) is 4.94. The van der Waals surface area contributed by atoms with Crippen LogP contribution < -0.4 is 0 Å². The number of rotatable bonds is 0. The summed E-state index contributed by atoms with van der Waals surface area (Å²) >= 11 is 0. The fraction of sp³-hybridized carbons (Fsp3) is 0.0769. The van der Waals surface area contributed by atoms with Crippen LogP contribution in [-0.2, 0) is 0 Å². The summed E-state index contributed by atoms with van der Waals surface area (Å²) in [5.41, 5.74) is 1.07. The fourth-order valence-corrected chi connectivity index (χ4v) is 1.97. The number of benzene rings is 1. The molecule has 0 amide bonds.